The average Bonchev–Trinajstić information content (AvgIpc) is 2.45. The van der Waals surface area contributed by atoms with Crippen molar-refractivity contribution in [2.24, 2.45) is 5.73 Å². The molecule has 20 heavy (non-hydrogen) atoms. The molecule has 2 aromatic rings. The van der Waals surface area contributed by atoms with Gasteiger partial charge in [-0.15, -0.1) is 0 Å². The number of rotatable bonds is 4. The first-order valence-electron chi connectivity index (χ1n) is 5.83. The van der Waals surface area contributed by atoms with Crippen LogP contribution in [-0.2, 0) is 4.79 Å². The molecule has 2 rings (SSSR count). The lowest BCUT2D eigenvalue weighted by Gasteiger charge is -2.15. The number of benzene rings is 1. The Morgan fingerprint density at radius 3 is 2.50 bits per heavy atom. The number of hydrogen-bond acceptors (Lipinski definition) is 3. The summed E-state index contributed by atoms with van der Waals surface area (Å²) in [5.41, 5.74) is 6.33. The molecule has 0 saturated heterocycles. The van der Waals surface area contributed by atoms with Crippen LogP contribution in [0.25, 0.3) is 0 Å². The molecular formula is C14H12BrN3O2. The normalized spacial score (nSPS) is 11.7. The van der Waals surface area contributed by atoms with Gasteiger partial charge in [0.2, 0.25) is 5.91 Å². The summed E-state index contributed by atoms with van der Waals surface area (Å²) < 4.78 is 0.681. The van der Waals surface area contributed by atoms with E-state index >= 15 is 0 Å². The highest BCUT2D eigenvalue weighted by molar-refractivity contribution is 9.10. The minimum atomic E-state index is -0.873. The Labute approximate surface area is 124 Å². The number of nitrogens with zero attached hydrogens (tertiary/aromatic N) is 1. The molecule has 3 N–H and O–H groups in total. The average molecular weight is 334 g/mol. The van der Waals surface area contributed by atoms with Crippen molar-refractivity contribution in [3.63, 3.8) is 0 Å². The highest BCUT2D eigenvalue weighted by Gasteiger charge is 2.20. The van der Waals surface area contributed by atoms with E-state index in [1.54, 1.807) is 36.5 Å². The zero-order valence-corrected chi connectivity index (χ0v) is 12.0. The van der Waals surface area contributed by atoms with E-state index in [1.165, 1.54) is 6.20 Å². The van der Waals surface area contributed by atoms with Crippen molar-refractivity contribution in [2.45, 2.75) is 6.04 Å². The molecule has 6 heteroatoms. The molecule has 0 aliphatic rings. The lowest BCUT2D eigenvalue weighted by Crippen LogP contribution is -2.37. The molecule has 2 amide bonds. The van der Waals surface area contributed by atoms with Gasteiger partial charge < -0.3 is 11.1 Å². The zero-order valence-electron chi connectivity index (χ0n) is 10.4. The molecule has 0 spiro atoms. The fourth-order valence-corrected chi connectivity index (χ4v) is 2.08. The molecule has 0 bridgehead atoms. The van der Waals surface area contributed by atoms with E-state index in [1.807, 2.05) is 6.07 Å². The summed E-state index contributed by atoms with van der Waals surface area (Å²) in [6.45, 7) is 0. The van der Waals surface area contributed by atoms with Crippen LogP contribution in [0.3, 0.4) is 0 Å². The van der Waals surface area contributed by atoms with E-state index in [2.05, 4.69) is 26.2 Å². The summed E-state index contributed by atoms with van der Waals surface area (Å²) in [6.07, 6.45) is 2.99. The Morgan fingerprint density at radius 1 is 1.20 bits per heavy atom. The Balaban J connectivity index is 2.21. The van der Waals surface area contributed by atoms with Crippen LogP contribution in [0.15, 0.2) is 53.3 Å². The van der Waals surface area contributed by atoms with Crippen LogP contribution in [0.4, 0.5) is 0 Å². The van der Waals surface area contributed by atoms with Crippen LogP contribution in [0, 0.1) is 0 Å². The van der Waals surface area contributed by atoms with E-state index in [4.69, 9.17) is 5.73 Å². The van der Waals surface area contributed by atoms with Gasteiger partial charge in [-0.25, -0.2) is 0 Å². The standard InChI is InChI=1S/C14H12BrN3O2/c15-11-6-10(7-17-8-11)14(20)18-12(13(16)19)9-4-2-1-3-5-9/h1-8,12H,(H2,16,19)(H,18,20). The number of carbonyl (C=O) groups is 2. The molecule has 1 aromatic carbocycles. The first kappa shape index (κ1) is 14.2. The maximum absolute atomic E-state index is 12.1. The van der Waals surface area contributed by atoms with Crippen molar-refractivity contribution in [3.05, 3.63) is 64.4 Å². The summed E-state index contributed by atoms with van der Waals surface area (Å²) in [7, 11) is 0. The zero-order chi connectivity index (χ0) is 14.5. The van der Waals surface area contributed by atoms with Gasteiger partial charge in [-0.2, -0.15) is 0 Å². The molecule has 1 atom stereocenters. The molecular weight excluding hydrogens is 322 g/mol. The van der Waals surface area contributed by atoms with Gasteiger partial charge in [0.25, 0.3) is 5.91 Å². The Morgan fingerprint density at radius 2 is 1.90 bits per heavy atom. The van der Waals surface area contributed by atoms with Crippen molar-refractivity contribution < 1.29 is 9.59 Å². The van der Waals surface area contributed by atoms with Crippen molar-refractivity contribution >= 4 is 27.7 Å². The SMILES string of the molecule is NC(=O)C(NC(=O)c1cncc(Br)c1)c1ccccc1. The largest absolute Gasteiger partial charge is 0.368 e. The van der Waals surface area contributed by atoms with Crippen LogP contribution >= 0.6 is 15.9 Å². The lowest BCUT2D eigenvalue weighted by molar-refractivity contribution is -0.120. The van der Waals surface area contributed by atoms with E-state index < -0.39 is 17.9 Å². The van der Waals surface area contributed by atoms with Gasteiger partial charge in [-0.3, -0.25) is 14.6 Å². The molecule has 1 aromatic heterocycles. The number of amides is 2. The van der Waals surface area contributed by atoms with Gasteiger partial charge in [-0.05, 0) is 27.6 Å². The van der Waals surface area contributed by atoms with Crippen LogP contribution in [0.2, 0.25) is 0 Å². The third kappa shape index (κ3) is 3.42. The summed E-state index contributed by atoms with van der Waals surface area (Å²) in [4.78, 5) is 27.5. The van der Waals surface area contributed by atoms with Gasteiger partial charge in [0, 0.05) is 16.9 Å². The molecule has 0 aliphatic carbocycles. The quantitative estimate of drug-likeness (QED) is 0.894. The highest BCUT2D eigenvalue weighted by Crippen LogP contribution is 2.14. The number of halogens is 1. The maximum atomic E-state index is 12.1. The first-order chi connectivity index (χ1) is 9.58. The third-order valence-electron chi connectivity index (χ3n) is 2.66. The Kier molecular flexibility index (Phi) is 4.47. The molecule has 1 heterocycles. The van der Waals surface area contributed by atoms with E-state index in [0.29, 0.717) is 15.6 Å². The minimum absolute atomic E-state index is 0.349. The highest BCUT2D eigenvalue weighted by atomic mass is 79.9. The fourth-order valence-electron chi connectivity index (χ4n) is 1.71. The molecule has 5 nitrogen and oxygen atoms in total. The smallest absolute Gasteiger partial charge is 0.253 e. The predicted molar refractivity (Wildman–Crippen MR) is 77.8 cm³/mol. The number of nitrogens with one attached hydrogen (secondary N) is 1. The number of carbonyl (C=O) groups excluding carboxylic acids is 2. The Hall–Kier alpha value is -2.21. The second-order valence-corrected chi connectivity index (χ2v) is 5.03. The van der Waals surface area contributed by atoms with E-state index in [-0.39, 0.29) is 0 Å². The number of aromatic nitrogens is 1. The van der Waals surface area contributed by atoms with Crippen molar-refractivity contribution in [3.8, 4) is 0 Å². The monoisotopic (exact) mass is 333 g/mol. The van der Waals surface area contributed by atoms with Gasteiger partial charge >= 0.3 is 0 Å². The summed E-state index contributed by atoms with van der Waals surface area (Å²) >= 11 is 3.24. The molecule has 1 unspecified atom stereocenters. The second kappa shape index (κ2) is 6.29. The van der Waals surface area contributed by atoms with Gasteiger partial charge in [0.15, 0.2) is 0 Å². The van der Waals surface area contributed by atoms with Crippen molar-refractivity contribution in [1.29, 1.82) is 0 Å². The lowest BCUT2D eigenvalue weighted by atomic mass is 10.1. The molecule has 0 radical (unpaired) electrons. The third-order valence-corrected chi connectivity index (χ3v) is 3.09. The topological polar surface area (TPSA) is 85.1 Å². The van der Waals surface area contributed by atoms with Crippen LogP contribution < -0.4 is 11.1 Å². The molecule has 0 aliphatic heterocycles. The number of pyridine rings is 1. The summed E-state index contributed by atoms with van der Waals surface area (Å²) in [6, 6.07) is 9.58. The molecule has 0 fully saturated rings. The van der Waals surface area contributed by atoms with Crippen LogP contribution in [-0.4, -0.2) is 16.8 Å². The maximum Gasteiger partial charge on any atom is 0.253 e. The summed E-state index contributed by atoms with van der Waals surface area (Å²) in [5.74, 6) is -1.03. The van der Waals surface area contributed by atoms with Gasteiger partial charge in [-0.1, -0.05) is 30.3 Å². The fraction of sp³-hybridized carbons (Fsp3) is 0.0714. The number of hydrogen-bond donors (Lipinski definition) is 2. The Bertz CT molecular complexity index is 631. The number of nitrogens with two attached hydrogens (primary N) is 1. The van der Waals surface area contributed by atoms with Gasteiger partial charge in [0.05, 0.1) is 5.56 Å². The van der Waals surface area contributed by atoms with Gasteiger partial charge in [0.1, 0.15) is 6.04 Å². The van der Waals surface area contributed by atoms with E-state index in [0.717, 1.165) is 0 Å². The van der Waals surface area contributed by atoms with E-state index in [9.17, 15) is 9.59 Å². The molecule has 102 valence electrons. The van der Waals surface area contributed by atoms with Crippen molar-refractivity contribution in [1.82, 2.24) is 10.3 Å². The van der Waals surface area contributed by atoms with Crippen LogP contribution in [0.5, 0.6) is 0 Å². The van der Waals surface area contributed by atoms with Crippen molar-refractivity contribution in [2.75, 3.05) is 0 Å². The first-order valence-corrected chi connectivity index (χ1v) is 6.63. The summed E-state index contributed by atoms with van der Waals surface area (Å²) in [5, 5.41) is 2.60. The molecule has 0 saturated carbocycles. The number of primary amides is 1. The predicted octanol–water partition coefficient (Wildman–Crippen LogP) is 1.80. The van der Waals surface area contributed by atoms with Crippen LogP contribution in [0.1, 0.15) is 22.0 Å². The minimum Gasteiger partial charge on any atom is -0.368 e. The second-order valence-electron chi connectivity index (χ2n) is 4.11.